The molecule has 3 N–H and O–H groups in total. The number of carbonyl (C=O) groups excluding carboxylic acids is 1. The van der Waals surface area contributed by atoms with Crippen molar-refractivity contribution < 1.29 is 4.79 Å². The highest BCUT2D eigenvalue weighted by Crippen LogP contribution is 2.22. The topological polar surface area (TPSA) is 55.1 Å². The predicted molar refractivity (Wildman–Crippen MR) is 65.2 cm³/mol. The van der Waals surface area contributed by atoms with Crippen LogP contribution in [0.3, 0.4) is 0 Å². The molecular weight excluding hydrogens is 288 g/mol. The van der Waals surface area contributed by atoms with E-state index < -0.39 is 0 Å². The second-order valence-corrected chi connectivity index (χ2v) is 4.48. The minimum Gasteiger partial charge on any atom is -0.348 e. The number of nitrogens with two attached hydrogens (primary N) is 1. The molecule has 0 aliphatic heterocycles. The van der Waals surface area contributed by atoms with Crippen molar-refractivity contribution in [1.82, 2.24) is 5.32 Å². The van der Waals surface area contributed by atoms with Gasteiger partial charge in [0.2, 0.25) is 0 Å². The highest BCUT2D eigenvalue weighted by molar-refractivity contribution is 9.10. The van der Waals surface area contributed by atoms with E-state index in [1.807, 2.05) is 18.4 Å². The van der Waals surface area contributed by atoms with Crippen molar-refractivity contribution in [2.45, 2.75) is 13.0 Å². The van der Waals surface area contributed by atoms with Crippen LogP contribution in [0, 0.1) is 0 Å². The second-order valence-electron chi connectivity index (χ2n) is 2.71. The summed E-state index contributed by atoms with van der Waals surface area (Å²) in [6, 6.07) is 1.87. The van der Waals surface area contributed by atoms with Crippen molar-refractivity contribution in [1.29, 1.82) is 0 Å². The molecule has 0 aliphatic rings. The van der Waals surface area contributed by atoms with Crippen LogP contribution in [0.4, 0.5) is 0 Å². The molecule has 1 aromatic heterocycles. The van der Waals surface area contributed by atoms with E-state index in [0.717, 1.165) is 4.47 Å². The zero-order valence-electron chi connectivity index (χ0n) is 7.62. The van der Waals surface area contributed by atoms with E-state index in [4.69, 9.17) is 5.73 Å². The highest BCUT2D eigenvalue weighted by Gasteiger charge is 2.12. The van der Waals surface area contributed by atoms with E-state index in [2.05, 4.69) is 21.2 Å². The number of halogens is 2. The molecule has 0 saturated carbocycles. The summed E-state index contributed by atoms with van der Waals surface area (Å²) in [5.41, 5.74) is 5.39. The van der Waals surface area contributed by atoms with Crippen LogP contribution in [-0.4, -0.2) is 18.5 Å². The third kappa shape index (κ3) is 3.57. The van der Waals surface area contributed by atoms with Gasteiger partial charge in [0.1, 0.15) is 4.88 Å². The van der Waals surface area contributed by atoms with Crippen LogP contribution in [0.5, 0.6) is 0 Å². The largest absolute Gasteiger partial charge is 0.348 e. The van der Waals surface area contributed by atoms with Crippen molar-refractivity contribution in [3.05, 3.63) is 20.8 Å². The summed E-state index contributed by atoms with van der Waals surface area (Å²) in [6.07, 6.45) is 0. The first kappa shape index (κ1) is 13.9. The highest BCUT2D eigenvalue weighted by atomic mass is 79.9. The third-order valence-electron chi connectivity index (χ3n) is 1.55. The van der Waals surface area contributed by atoms with Crippen LogP contribution in [0.1, 0.15) is 16.6 Å². The Kier molecular flexibility index (Phi) is 6.35. The molecule has 3 nitrogen and oxygen atoms in total. The first-order valence-corrected chi connectivity index (χ1v) is 5.56. The molecule has 6 heteroatoms. The molecule has 0 saturated heterocycles. The second kappa shape index (κ2) is 6.40. The molecular formula is C8H12BrClN2OS. The molecule has 1 aromatic rings. The van der Waals surface area contributed by atoms with E-state index in [9.17, 15) is 4.79 Å². The molecule has 0 unspecified atom stereocenters. The van der Waals surface area contributed by atoms with Gasteiger partial charge >= 0.3 is 0 Å². The number of thiophene rings is 1. The Bertz CT molecular complexity index is 305. The number of rotatable bonds is 3. The summed E-state index contributed by atoms with van der Waals surface area (Å²) in [7, 11) is 0. The molecule has 1 heterocycles. The fraction of sp³-hybridized carbons (Fsp3) is 0.375. The van der Waals surface area contributed by atoms with Gasteiger partial charge in [-0.15, -0.1) is 23.7 Å². The number of hydrogen-bond acceptors (Lipinski definition) is 3. The standard InChI is InChI=1S/C8H11BrN2OS.ClH/c1-5(4-10)11-8(12)7-6(9)2-3-13-7;/h2-3,5H,4,10H2,1H3,(H,11,12);1H/t5-;/m0./s1. The summed E-state index contributed by atoms with van der Waals surface area (Å²) in [4.78, 5) is 12.2. The van der Waals surface area contributed by atoms with Gasteiger partial charge in [-0.3, -0.25) is 4.79 Å². The zero-order valence-corrected chi connectivity index (χ0v) is 10.8. The lowest BCUT2D eigenvalue weighted by molar-refractivity contribution is 0.0944. The number of nitrogens with one attached hydrogen (secondary N) is 1. The Morgan fingerprint density at radius 3 is 2.86 bits per heavy atom. The number of amides is 1. The van der Waals surface area contributed by atoms with Crippen LogP contribution >= 0.6 is 39.7 Å². The van der Waals surface area contributed by atoms with Crippen LogP contribution in [-0.2, 0) is 0 Å². The van der Waals surface area contributed by atoms with Crippen LogP contribution in [0.25, 0.3) is 0 Å². The predicted octanol–water partition coefficient (Wildman–Crippen LogP) is 2.01. The molecule has 0 spiro atoms. The SMILES string of the molecule is C[C@@H](CN)NC(=O)c1sccc1Br.Cl. The zero-order chi connectivity index (χ0) is 9.84. The molecule has 0 aromatic carbocycles. The Balaban J connectivity index is 0.00000169. The number of hydrogen-bond donors (Lipinski definition) is 2. The lowest BCUT2D eigenvalue weighted by Gasteiger charge is -2.09. The summed E-state index contributed by atoms with van der Waals surface area (Å²) in [6.45, 7) is 2.33. The normalized spacial score (nSPS) is 11.6. The van der Waals surface area contributed by atoms with Gasteiger partial charge in [-0.05, 0) is 34.3 Å². The molecule has 0 aliphatic carbocycles. The molecule has 0 radical (unpaired) electrons. The minimum atomic E-state index is -0.0696. The average Bonchev–Trinajstić information content (AvgIpc) is 2.51. The average molecular weight is 300 g/mol. The molecule has 0 fully saturated rings. The van der Waals surface area contributed by atoms with Crippen molar-refractivity contribution in [3.8, 4) is 0 Å². The first-order valence-electron chi connectivity index (χ1n) is 3.89. The van der Waals surface area contributed by atoms with E-state index in [-0.39, 0.29) is 24.4 Å². The van der Waals surface area contributed by atoms with E-state index >= 15 is 0 Å². The van der Waals surface area contributed by atoms with E-state index in [1.54, 1.807) is 0 Å². The summed E-state index contributed by atoms with van der Waals surface area (Å²) in [5, 5.41) is 4.66. The van der Waals surface area contributed by atoms with Crippen LogP contribution < -0.4 is 11.1 Å². The van der Waals surface area contributed by atoms with Crippen molar-refractivity contribution >= 4 is 45.6 Å². The Hall–Kier alpha value is -0.100. The maximum absolute atomic E-state index is 11.5. The van der Waals surface area contributed by atoms with Gasteiger partial charge in [0.05, 0.1) is 0 Å². The Labute approximate surface area is 102 Å². The van der Waals surface area contributed by atoms with Crippen LogP contribution in [0.15, 0.2) is 15.9 Å². The van der Waals surface area contributed by atoms with Gasteiger partial charge in [0, 0.05) is 17.1 Å². The monoisotopic (exact) mass is 298 g/mol. The van der Waals surface area contributed by atoms with Crippen LogP contribution in [0.2, 0.25) is 0 Å². The van der Waals surface area contributed by atoms with Crippen molar-refractivity contribution in [2.24, 2.45) is 5.73 Å². The lowest BCUT2D eigenvalue weighted by Crippen LogP contribution is -2.37. The molecule has 1 amide bonds. The van der Waals surface area contributed by atoms with Gasteiger partial charge in [-0.1, -0.05) is 0 Å². The fourth-order valence-corrected chi connectivity index (χ4v) is 2.26. The molecule has 14 heavy (non-hydrogen) atoms. The van der Waals surface area contributed by atoms with Gasteiger partial charge < -0.3 is 11.1 Å². The summed E-state index contributed by atoms with van der Waals surface area (Å²) >= 11 is 4.71. The van der Waals surface area contributed by atoms with Crippen molar-refractivity contribution in [2.75, 3.05) is 6.54 Å². The first-order chi connectivity index (χ1) is 6.15. The molecule has 80 valence electrons. The van der Waals surface area contributed by atoms with Gasteiger partial charge in [-0.25, -0.2) is 0 Å². The fourth-order valence-electron chi connectivity index (χ4n) is 0.804. The third-order valence-corrected chi connectivity index (χ3v) is 3.39. The maximum atomic E-state index is 11.5. The quantitative estimate of drug-likeness (QED) is 0.897. The van der Waals surface area contributed by atoms with Crippen molar-refractivity contribution in [3.63, 3.8) is 0 Å². The Morgan fingerprint density at radius 1 is 1.79 bits per heavy atom. The van der Waals surface area contributed by atoms with Gasteiger partial charge in [0.25, 0.3) is 5.91 Å². The summed E-state index contributed by atoms with van der Waals surface area (Å²) < 4.78 is 0.833. The van der Waals surface area contributed by atoms with Gasteiger partial charge in [0.15, 0.2) is 0 Å². The maximum Gasteiger partial charge on any atom is 0.262 e. The van der Waals surface area contributed by atoms with E-state index in [0.29, 0.717) is 11.4 Å². The Morgan fingerprint density at radius 2 is 2.43 bits per heavy atom. The molecule has 1 rings (SSSR count). The molecule has 0 bridgehead atoms. The van der Waals surface area contributed by atoms with E-state index in [1.165, 1.54) is 11.3 Å². The smallest absolute Gasteiger partial charge is 0.262 e. The number of carbonyl (C=O) groups is 1. The minimum absolute atomic E-state index is 0. The summed E-state index contributed by atoms with van der Waals surface area (Å²) in [5.74, 6) is -0.0696. The molecule has 1 atom stereocenters. The lowest BCUT2D eigenvalue weighted by atomic mass is 10.3. The van der Waals surface area contributed by atoms with Gasteiger partial charge in [-0.2, -0.15) is 0 Å².